The molecule has 1 aliphatic rings. The molecule has 4 heteroatoms. The number of imide groups is 1. The van der Waals surface area contributed by atoms with E-state index in [2.05, 4.69) is 5.32 Å². The molecule has 2 atom stereocenters. The number of rotatable bonds is 2. The van der Waals surface area contributed by atoms with Crippen LogP contribution in [-0.2, 0) is 9.59 Å². The molecule has 1 aliphatic heterocycles. The van der Waals surface area contributed by atoms with Crippen LogP contribution in [0.2, 0.25) is 0 Å². The van der Waals surface area contributed by atoms with Crippen LogP contribution >= 0.6 is 11.3 Å². The van der Waals surface area contributed by atoms with E-state index in [-0.39, 0.29) is 23.7 Å². The maximum atomic E-state index is 12.3. The lowest BCUT2D eigenvalue weighted by molar-refractivity contribution is -0.135. The van der Waals surface area contributed by atoms with Crippen LogP contribution in [0.5, 0.6) is 0 Å². The first-order valence-corrected chi connectivity index (χ1v) is 7.52. The number of nitrogens with one attached hydrogen (secondary N) is 1. The normalized spacial score (nSPS) is 22.6. The lowest BCUT2D eigenvalue weighted by Gasteiger charge is -2.30. The van der Waals surface area contributed by atoms with E-state index in [0.29, 0.717) is 6.42 Å². The number of hydrogen-bond acceptors (Lipinski definition) is 3. The average molecular weight is 285 g/mol. The second-order valence-corrected chi connectivity index (χ2v) is 5.95. The second-order valence-electron chi connectivity index (χ2n) is 5.17. The smallest absolute Gasteiger partial charge is 0.234 e. The van der Waals surface area contributed by atoms with E-state index in [9.17, 15) is 9.59 Å². The summed E-state index contributed by atoms with van der Waals surface area (Å²) in [5.41, 5.74) is 3.17. The summed E-state index contributed by atoms with van der Waals surface area (Å²) in [4.78, 5) is 24.0. The summed E-state index contributed by atoms with van der Waals surface area (Å²) in [5.74, 6) is -0.732. The lowest BCUT2D eigenvalue weighted by atomic mass is 9.77. The van der Waals surface area contributed by atoms with Crippen molar-refractivity contribution in [2.75, 3.05) is 0 Å². The molecule has 0 bridgehead atoms. The minimum atomic E-state index is -0.290. The van der Waals surface area contributed by atoms with Gasteiger partial charge in [0.15, 0.2) is 0 Å². The molecule has 3 nitrogen and oxygen atoms in total. The molecule has 3 rings (SSSR count). The Balaban J connectivity index is 2.04. The summed E-state index contributed by atoms with van der Waals surface area (Å²) < 4.78 is 0. The predicted molar refractivity (Wildman–Crippen MR) is 78.7 cm³/mol. The Morgan fingerprint density at radius 3 is 2.75 bits per heavy atom. The Kier molecular flexibility index (Phi) is 3.40. The molecule has 0 radical (unpaired) electrons. The third kappa shape index (κ3) is 2.39. The molecule has 0 saturated carbocycles. The number of carbonyl (C=O) groups is 2. The number of carbonyl (C=O) groups excluding carboxylic acids is 2. The molecule has 2 amide bonds. The van der Waals surface area contributed by atoms with Crippen LogP contribution in [0, 0.1) is 6.92 Å². The van der Waals surface area contributed by atoms with Gasteiger partial charge in [0.05, 0.1) is 5.92 Å². The van der Waals surface area contributed by atoms with Crippen molar-refractivity contribution < 1.29 is 9.59 Å². The highest BCUT2D eigenvalue weighted by Gasteiger charge is 2.37. The van der Waals surface area contributed by atoms with E-state index in [1.807, 2.05) is 48.0 Å². The number of benzene rings is 1. The first kappa shape index (κ1) is 13.1. The number of thiophene rings is 1. The summed E-state index contributed by atoms with van der Waals surface area (Å²) in [7, 11) is 0. The maximum Gasteiger partial charge on any atom is 0.234 e. The van der Waals surface area contributed by atoms with E-state index >= 15 is 0 Å². The van der Waals surface area contributed by atoms with Crippen LogP contribution in [0.15, 0.2) is 41.1 Å². The van der Waals surface area contributed by atoms with E-state index < -0.39 is 0 Å². The third-order valence-corrected chi connectivity index (χ3v) is 4.43. The molecular formula is C16H15NO2S. The molecule has 1 aromatic heterocycles. The van der Waals surface area contributed by atoms with Crippen molar-refractivity contribution in [3.63, 3.8) is 0 Å². The molecule has 102 valence electrons. The van der Waals surface area contributed by atoms with Gasteiger partial charge in [-0.25, -0.2) is 0 Å². The Morgan fingerprint density at radius 2 is 2.05 bits per heavy atom. The first-order valence-electron chi connectivity index (χ1n) is 6.57. The number of hydrogen-bond donors (Lipinski definition) is 1. The minimum absolute atomic E-state index is 0.0655. The standard InChI is InChI=1S/C16H15NO2S/c1-10-3-2-4-11(7-10)15-13(12-5-6-20-9-12)8-14(18)17-16(15)19/h2-7,9,13,15H,8H2,1H3,(H,17,18,19). The maximum absolute atomic E-state index is 12.3. The van der Waals surface area contributed by atoms with E-state index in [4.69, 9.17) is 0 Å². The van der Waals surface area contributed by atoms with Crippen molar-refractivity contribution in [1.82, 2.24) is 5.32 Å². The van der Waals surface area contributed by atoms with Gasteiger partial charge in [-0.3, -0.25) is 14.9 Å². The number of piperidine rings is 1. The van der Waals surface area contributed by atoms with E-state index in [1.165, 1.54) is 0 Å². The number of amides is 2. The second kappa shape index (κ2) is 5.21. The molecular weight excluding hydrogens is 270 g/mol. The molecule has 2 unspecified atom stereocenters. The summed E-state index contributed by atoms with van der Waals surface area (Å²) in [6, 6.07) is 9.96. The van der Waals surface area contributed by atoms with Crippen LogP contribution in [0.25, 0.3) is 0 Å². The van der Waals surface area contributed by atoms with Crippen molar-refractivity contribution in [1.29, 1.82) is 0 Å². The molecule has 1 aromatic carbocycles. The first-order chi connectivity index (χ1) is 9.65. The van der Waals surface area contributed by atoms with E-state index in [1.54, 1.807) is 11.3 Å². The zero-order valence-corrected chi connectivity index (χ0v) is 11.9. The largest absolute Gasteiger partial charge is 0.296 e. The van der Waals surface area contributed by atoms with Crippen molar-refractivity contribution in [2.24, 2.45) is 0 Å². The van der Waals surface area contributed by atoms with Crippen molar-refractivity contribution in [3.8, 4) is 0 Å². The molecule has 2 heterocycles. The quantitative estimate of drug-likeness (QED) is 0.862. The van der Waals surface area contributed by atoms with Gasteiger partial charge in [0.1, 0.15) is 0 Å². The summed E-state index contributed by atoms with van der Waals surface area (Å²) in [6.45, 7) is 2.01. The molecule has 2 aromatic rings. The van der Waals surface area contributed by atoms with Crippen LogP contribution in [0.3, 0.4) is 0 Å². The van der Waals surface area contributed by atoms with Gasteiger partial charge in [-0.1, -0.05) is 29.8 Å². The fraction of sp³-hybridized carbons (Fsp3) is 0.250. The molecule has 1 N–H and O–H groups in total. The summed E-state index contributed by atoms with van der Waals surface area (Å²) in [5, 5.41) is 6.48. The van der Waals surface area contributed by atoms with Crippen molar-refractivity contribution in [3.05, 3.63) is 57.8 Å². The highest BCUT2D eigenvalue weighted by molar-refractivity contribution is 7.08. The molecule has 0 spiro atoms. The van der Waals surface area contributed by atoms with Gasteiger partial charge in [-0.15, -0.1) is 0 Å². The number of aryl methyl sites for hydroxylation is 1. The van der Waals surface area contributed by atoms with Crippen molar-refractivity contribution >= 4 is 23.2 Å². The van der Waals surface area contributed by atoms with Gasteiger partial charge in [0.2, 0.25) is 11.8 Å². The Hall–Kier alpha value is -1.94. The fourth-order valence-corrected chi connectivity index (χ4v) is 3.53. The summed E-state index contributed by atoms with van der Waals surface area (Å²) >= 11 is 1.59. The zero-order chi connectivity index (χ0) is 14.1. The highest BCUT2D eigenvalue weighted by atomic mass is 32.1. The SMILES string of the molecule is Cc1cccc(C2C(=O)NC(=O)CC2c2ccsc2)c1. The lowest BCUT2D eigenvalue weighted by Crippen LogP contribution is -2.43. The van der Waals surface area contributed by atoms with Crippen LogP contribution in [-0.4, -0.2) is 11.8 Å². The van der Waals surface area contributed by atoms with Gasteiger partial charge < -0.3 is 0 Å². The van der Waals surface area contributed by atoms with Gasteiger partial charge in [-0.05, 0) is 34.9 Å². The van der Waals surface area contributed by atoms with Gasteiger partial charge in [0, 0.05) is 12.3 Å². The Morgan fingerprint density at radius 1 is 1.20 bits per heavy atom. The topological polar surface area (TPSA) is 46.2 Å². The van der Waals surface area contributed by atoms with Gasteiger partial charge >= 0.3 is 0 Å². The summed E-state index contributed by atoms with van der Waals surface area (Å²) in [6.07, 6.45) is 0.362. The van der Waals surface area contributed by atoms with Crippen LogP contribution in [0.4, 0.5) is 0 Å². The zero-order valence-electron chi connectivity index (χ0n) is 11.1. The molecule has 1 saturated heterocycles. The average Bonchev–Trinajstić information content (AvgIpc) is 2.91. The van der Waals surface area contributed by atoms with Crippen LogP contribution in [0.1, 0.15) is 34.9 Å². The van der Waals surface area contributed by atoms with Crippen LogP contribution < -0.4 is 5.32 Å². The highest BCUT2D eigenvalue weighted by Crippen LogP contribution is 2.39. The monoisotopic (exact) mass is 285 g/mol. The Labute approximate surface area is 121 Å². The van der Waals surface area contributed by atoms with Gasteiger partial charge in [-0.2, -0.15) is 11.3 Å². The molecule has 1 fully saturated rings. The molecule has 0 aliphatic carbocycles. The van der Waals surface area contributed by atoms with Crippen molar-refractivity contribution in [2.45, 2.75) is 25.2 Å². The fourth-order valence-electron chi connectivity index (χ4n) is 2.81. The third-order valence-electron chi connectivity index (χ3n) is 3.73. The Bertz CT molecular complexity index is 648. The van der Waals surface area contributed by atoms with E-state index in [0.717, 1.165) is 16.7 Å². The molecule has 20 heavy (non-hydrogen) atoms. The van der Waals surface area contributed by atoms with Gasteiger partial charge in [0.25, 0.3) is 0 Å². The minimum Gasteiger partial charge on any atom is -0.296 e. The predicted octanol–water partition coefficient (Wildman–Crippen LogP) is 2.97.